The lowest BCUT2D eigenvalue weighted by Gasteiger charge is -2.28. The molecule has 26 heavy (non-hydrogen) atoms. The van der Waals surface area contributed by atoms with Gasteiger partial charge in [-0.3, -0.25) is 9.69 Å². The molecule has 1 unspecified atom stereocenters. The van der Waals surface area contributed by atoms with E-state index in [0.29, 0.717) is 17.8 Å². The predicted octanol–water partition coefficient (Wildman–Crippen LogP) is 3.75. The number of nitrogens with one attached hydrogen (secondary N) is 2. The molecule has 0 fully saturated rings. The Bertz CT molecular complexity index is 794. The third-order valence-electron chi connectivity index (χ3n) is 4.23. The molecule has 0 saturated heterocycles. The van der Waals surface area contributed by atoms with Gasteiger partial charge in [-0.05, 0) is 49.7 Å². The van der Waals surface area contributed by atoms with Crippen LogP contribution in [0.3, 0.4) is 0 Å². The van der Waals surface area contributed by atoms with Gasteiger partial charge in [-0.15, -0.1) is 11.8 Å². The summed E-state index contributed by atoms with van der Waals surface area (Å²) in [6.45, 7) is 4.62. The zero-order chi connectivity index (χ0) is 18.5. The number of fused-ring (bicyclic) bond motifs is 1. The van der Waals surface area contributed by atoms with Gasteiger partial charge in [0.1, 0.15) is 5.03 Å². The fourth-order valence-electron chi connectivity index (χ4n) is 2.57. The quantitative estimate of drug-likeness (QED) is 0.859. The Balaban J connectivity index is 1.66. The van der Waals surface area contributed by atoms with Crippen molar-refractivity contribution < 1.29 is 9.59 Å². The summed E-state index contributed by atoms with van der Waals surface area (Å²) in [7, 11) is 0. The standard InChI is InChI=1S/C19H22N4O2S/c1-3-13(2)21-17(24)14-6-8-15(9-7-14)22-19(25)23-11-12-26-18-16(23)5-4-10-20-18/h4-10,13H,3,11-12H2,1-2H3,(H,21,24)(H,22,25). The van der Waals surface area contributed by atoms with Crippen LogP contribution in [-0.4, -0.2) is 35.3 Å². The Labute approximate surface area is 157 Å². The van der Waals surface area contributed by atoms with Crippen molar-refractivity contribution in [3.8, 4) is 0 Å². The molecule has 2 aromatic rings. The van der Waals surface area contributed by atoms with Crippen molar-refractivity contribution in [1.29, 1.82) is 0 Å². The number of aromatic nitrogens is 1. The van der Waals surface area contributed by atoms with Gasteiger partial charge in [-0.1, -0.05) is 6.92 Å². The summed E-state index contributed by atoms with van der Waals surface area (Å²) in [5.41, 5.74) is 2.05. The van der Waals surface area contributed by atoms with Gasteiger partial charge in [0.2, 0.25) is 0 Å². The molecular weight excluding hydrogens is 348 g/mol. The van der Waals surface area contributed by atoms with E-state index >= 15 is 0 Å². The van der Waals surface area contributed by atoms with Crippen LogP contribution in [-0.2, 0) is 0 Å². The van der Waals surface area contributed by atoms with Crippen molar-refractivity contribution >= 4 is 35.1 Å². The first kappa shape index (κ1) is 18.3. The first-order valence-corrected chi connectivity index (χ1v) is 9.64. The molecule has 0 spiro atoms. The number of pyridine rings is 1. The van der Waals surface area contributed by atoms with Crippen LogP contribution in [0.15, 0.2) is 47.6 Å². The molecule has 3 amide bonds. The zero-order valence-corrected chi connectivity index (χ0v) is 15.7. The topological polar surface area (TPSA) is 74.3 Å². The van der Waals surface area contributed by atoms with E-state index in [9.17, 15) is 9.59 Å². The van der Waals surface area contributed by atoms with Crippen molar-refractivity contribution in [2.24, 2.45) is 0 Å². The Hall–Kier alpha value is -2.54. The normalized spacial score (nSPS) is 14.3. The number of rotatable bonds is 4. The fraction of sp³-hybridized carbons (Fsp3) is 0.316. The second kappa shape index (κ2) is 8.23. The molecule has 1 aliphatic rings. The van der Waals surface area contributed by atoms with Gasteiger partial charge >= 0.3 is 6.03 Å². The number of hydrogen-bond donors (Lipinski definition) is 2. The summed E-state index contributed by atoms with van der Waals surface area (Å²) in [4.78, 5) is 30.8. The summed E-state index contributed by atoms with van der Waals surface area (Å²) < 4.78 is 0. The summed E-state index contributed by atoms with van der Waals surface area (Å²) in [6.07, 6.45) is 2.61. The van der Waals surface area contributed by atoms with Crippen LogP contribution < -0.4 is 15.5 Å². The zero-order valence-electron chi connectivity index (χ0n) is 14.9. The molecule has 1 aromatic heterocycles. The minimum Gasteiger partial charge on any atom is -0.350 e. The number of hydrogen-bond acceptors (Lipinski definition) is 4. The van der Waals surface area contributed by atoms with Crippen molar-refractivity contribution in [3.63, 3.8) is 0 Å². The molecule has 0 bridgehead atoms. The second-order valence-corrected chi connectivity index (χ2v) is 7.20. The van der Waals surface area contributed by atoms with E-state index < -0.39 is 0 Å². The summed E-state index contributed by atoms with van der Waals surface area (Å²) >= 11 is 1.65. The molecule has 7 heteroatoms. The molecule has 1 atom stereocenters. The van der Waals surface area contributed by atoms with E-state index in [1.807, 2.05) is 26.0 Å². The summed E-state index contributed by atoms with van der Waals surface area (Å²) in [5.74, 6) is 0.705. The van der Waals surface area contributed by atoms with Crippen LogP contribution >= 0.6 is 11.8 Å². The van der Waals surface area contributed by atoms with Gasteiger partial charge in [-0.25, -0.2) is 9.78 Å². The van der Waals surface area contributed by atoms with Gasteiger partial charge in [0.25, 0.3) is 5.91 Å². The van der Waals surface area contributed by atoms with E-state index in [-0.39, 0.29) is 18.0 Å². The van der Waals surface area contributed by atoms with Crippen molar-refractivity contribution in [1.82, 2.24) is 10.3 Å². The molecule has 1 aliphatic heterocycles. The number of amides is 3. The molecule has 2 N–H and O–H groups in total. The highest BCUT2D eigenvalue weighted by molar-refractivity contribution is 7.99. The predicted molar refractivity (Wildman–Crippen MR) is 105 cm³/mol. The number of carbonyl (C=O) groups excluding carboxylic acids is 2. The van der Waals surface area contributed by atoms with Crippen LogP contribution in [0.25, 0.3) is 0 Å². The lowest BCUT2D eigenvalue weighted by molar-refractivity contribution is 0.0939. The van der Waals surface area contributed by atoms with E-state index in [4.69, 9.17) is 0 Å². The van der Waals surface area contributed by atoms with Crippen LogP contribution in [0, 0.1) is 0 Å². The van der Waals surface area contributed by atoms with E-state index in [1.165, 1.54) is 0 Å². The number of benzene rings is 1. The summed E-state index contributed by atoms with van der Waals surface area (Å²) in [6, 6.07) is 10.6. The highest BCUT2D eigenvalue weighted by Crippen LogP contribution is 2.32. The monoisotopic (exact) mass is 370 g/mol. The molecule has 6 nitrogen and oxygen atoms in total. The molecule has 0 saturated carbocycles. The van der Waals surface area contributed by atoms with Crippen LogP contribution in [0.4, 0.5) is 16.2 Å². The third kappa shape index (κ3) is 4.16. The fourth-order valence-corrected chi connectivity index (χ4v) is 3.50. The highest BCUT2D eigenvalue weighted by Gasteiger charge is 2.23. The van der Waals surface area contributed by atoms with Crippen molar-refractivity contribution in [3.05, 3.63) is 48.2 Å². The lowest BCUT2D eigenvalue weighted by atomic mass is 10.1. The van der Waals surface area contributed by atoms with E-state index in [1.54, 1.807) is 47.1 Å². The van der Waals surface area contributed by atoms with Gasteiger partial charge in [0.05, 0.1) is 5.69 Å². The Morgan fingerprint density at radius 2 is 2.04 bits per heavy atom. The van der Waals surface area contributed by atoms with Crippen LogP contribution in [0.2, 0.25) is 0 Å². The third-order valence-corrected chi connectivity index (χ3v) is 5.20. The maximum absolute atomic E-state index is 12.6. The van der Waals surface area contributed by atoms with Crippen LogP contribution in [0.5, 0.6) is 0 Å². The first-order chi connectivity index (χ1) is 12.6. The average molecular weight is 370 g/mol. The minimum absolute atomic E-state index is 0.106. The number of thioether (sulfide) groups is 1. The number of anilines is 2. The first-order valence-electron chi connectivity index (χ1n) is 8.65. The van der Waals surface area contributed by atoms with Gasteiger partial charge < -0.3 is 10.6 Å². The minimum atomic E-state index is -0.198. The van der Waals surface area contributed by atoms with E-state index in [0.717, 1.165) is 22.9 Å². The average Bonchev–Trinajstić information content (AvgIpc) is 2.67. The summed E-state index contributed by atoms with van der Waals surface area (Å²) in [5, 5.41) is 6.68. The van der Waals surface area contributed by atoms with Crippen molar-refractivity contribution in [2.75, 3.05) is 22.5 Å². The van der Waals surface area contributed by atoms with Crippen LogP contribution in [0.1, 0.15) is 30.6 Å². The van der Waals surface area contributed by atoms with Crippen molar-refractivity contribution in [2.45, 2.75) is 31.3 Å². The van der Waals surface area contributed by atoms with Gasteiger partial charge in [0.15, 0.2) is 0 Å². The Morgan fingerprint density at radius 3 is 2.77 bits per heavy atom. The molecule has 2 heterocycles. The molecule has 0 radical (unpaired) electrons. The lowest BCUT2D eigenvalue weighted by Crippen LogP contribution is -2.38. The molecule has 3 rings (SSSR count). The molecular formula is C19H22N4O2S. The number of carbonyl (C=O) groups is 2. The maximum Gasteiger partial charge on any atom is 0.326 e. The maximum atomic E-state index is 12.6. The highest BCUT2D eigenvalue weighted by atomic mass is 32.2. The van der Waals surface area contributed by atoms with Gasteiger partial charge in [0, 0.05) is 35.8 Å². The smallest absolute Gasteiger partial charge is 0.326 e. The molecule has 136 valence electrons. The Kier molecular flexibility index (Phi) is 5.78. The van der Waals surface area contributed by atoms with Gasteiger partial charge in [-0.2, -0.15) is 0 Å². The number of nitrogens with zero attached hydrogens (tertiary/aromatic N) is 2. The molecule has 0 aliphatic carbocycles. The molecule has 1 aromatic carbocycles. The SMILES string of the molecule is CCC(C)NC(=O)c1ccc(NC(=O)N2CCSc3ncccc32)cc1. The Morgan fingerprint density at radius 1 is 1.27 bits per heavy atom. The largest absolute Gasteiger partial charge is 0.350 e. The second-order valence-electron chi connectivity index (χ2n) is 6.12. The van der Waals surface area contributed by atoms with E-state index in [2.05, 4.69) is 15.6 Å². The number of urea groups is 1.